The predicted molar refractivity (Wildman–Crippen MR) is 167 cm³/mol. The molecule has 0 amide bonds. The normalized spacial score (nSPS) is 25.7. The molecule has 4 aliphatic rings. The number of likely N-dealkylation sites (tertiary alicyclic amines) is 1. The summed E-state index contributed by atoms with van der Waals surface area (Å²) in [5.41, 5.74) is 3.01. The molecule has 4 aromatic rings. The molecule has 3 fully saturated rings. The molecule has 8 rings (SSSR count). The minimum Gasteiger partial charge on any atom is -0.383 e. The molecule has 1 unspecified atom stereocenters. The third-order valence-corrected chi connectivity index (χ3v) is 10.5. The maximum atomic E-state index is 13.5. The van der Waals surface area contributed by atoms with Crippen molar-refractivity contribution in [3.8, 4) is 5.82 Å². The molecule has 2 aliphatic heterocycles. The molecular formula is C33H38N8O2. The first kappa shape index (κ1) is 26.6. The van der Waals surface area contributed by atoms with Gasteiger partial charge < -0.3 is 20.2 Å². The van der Waals surface area contributed by atoms with Crippen LogP contribution in [0, 0.1) is 17.3 Å². The molecule has 222 valence electrons. The molecule has 2 aliphatic carbocycles. The molecule has 1 spiro atoms. The lowest BCUT2D eigenvalue weighted by atomic mass is 9.72. The van der Waals surface area contributed by atoms with Crippen molar-refractivity contribution >= 4 is 28.4 Å². The van der Waals surface area contributed by atoms with Gasteiger partial charge in [0.2, 0.25) is 5.95 Å². The van der Waals surface area contributed by atoms with Crippen LogP contribution in [0.2, 0.25) is 0 Å². The zero-order valence-corrected chi connectivity index (χ0v) is 24.8. The third-order valence-electron chi connectivity index (χ3n) is 10.5. The summed E-state index contributed by atoms with van der Waals surface area (Å²) >= 11 is 0. The zero-order chi connectivity index (χ0) is 29.5. The lowest BCUT2D eigenvalue weighted by Crippen LogP contribution is -2.39. The number of rotatable bonds is 6. The van der Waals surface area contributed by atoms with E-state index in [4.69, 9.17) is 9.97 Å². The summed E-state index contributed by atoms with van der Waals surface area (Å²) in [6.45, 7) is 10.6. The van der Waals surface area contributed by atoms with Crippen molar-refractivity contribution in [2.75, 3.05) is 43.4 Å². The summed E-state index contributed by atoms with van der Waals surface area (Å²) in [7, 11) is 2.22. The Bertz CT molecular complexity index is 1790. The average molecular weight is 579 g/mol. The average Bonchev–Trinajstić information content (AvgIpc) is 3.47. The molecular weight excluding hydrogens is 540 g/mol. The molecule has 1 saturated carbocycles. The molecule has 3 aromatic heterocycles. The van der Waals surface area contributed by atoms with E-state index in [1.165, 1.54) is 18.8 Å². The van der Waals surface area contributed by atoms with Crippen LogP contribution in [0.25, 0.3) is 16.9 Å². The standard InChI is InChI=1S/C33H38N8O2/c1-4-15-40-30(42)26-16-34-31(35-24-6-8-25(9-7-24)39-19-22-17-38(3)18-23(22)20-39)37-29(26)41(40)27-10-5-21-11-12-33(13-14-33)32(2,43)28(21)36-27/h4-10,16,22-23,43H,1,11-15,17-20H2,2-3H3,(H,34,35,37)/t22-,23+,32?. The van der Waals surface area contributed by atoms with E-state index >= 15 is 0 Å². The van der Waals surface area contributed by atoms with Gasteiger partial charge in [-0.2, -0.15) is 4.98 Å². The molecule has 2 N–H and O–H groups in total. The summed E-state index contributed by atoms with van der Waals surface area (Å²) in [6, 6.07) is 12.4. The van der Waals surface area contributed by atoms with Gasteiger partial charge in [-0.15, -0.1) is 6.58 Å². The zero-order valence-electron chi connectivity index (χ0n) is 24.8. The van der Waals surface area contributed by atoms with E-state index in [0.717, 1.165) is 61.9 Å². The van der Waals surface area contributed by atoms with Crippen LogP contribution in [0.15, 0.2) is 60.0 Å². The Kier molecular flexibility index (Phi) is 5.87. The van der Waals surface area contributed by atoms with Gasteiger partial charge in [0.05, 0.1) is 12.2 Å². The van der Waals surface area contributed by atoms with Gasteiger partial charge in [0.25, 0.3) is 5.56 Å². The second-order valence-corrected chi connectivity index (χ2v) is 13.3. The van der Waals surface area contributed by atoms with E-state index in [9.17, 15) is 9.90 Å². The summed E-state index contributed by atoms with van der Waals surface area (Å²) in [6.07, 6.45) is 7.16. The molecule has 2 saturated heterocycles. The number of pyridine rings is 1. The van der Waals surface area contributed by atoms with Gasteiger partial charge in [-0.05, 0) is 87.4 Å². The number of anilines is 3. The van der Waals surface area contributed by atoms with E-state index in [1.54, 1.807) is 21.6 Å². The van der Waals surface area contributed by atoms with E-state index in [1.807, 2.05) is 19.1 Å². The van der Waals surface area contributed by atoms with Crippen LogP contribution in [-0.2, 0) is 18.6 Å². The minimum atomic E-state index is -1.01. The summed E-state index contributed by atoms with van der Waals surface area (Å²) in [5.74, 6) is 2.44. The fraction of sp³-hybridized carbons (Fsp3) is 0.455. The number of allylic oxidation sites excluding steroid dienone is 1. The number of aromatic nitrogens is 5. The number of aliphatic hydroxyl groups is 1. The molecule has 1 aromatic carbocycles. The fourth-order valence-corrected chi connectivity index (χ4v) is 7.91. The first-order valence-corrected chi connectivity index (χ1v) is 15.4. The molecule has 43 heavy (non-hydrogen) atoms. The fourth-order valence-electron chi connectivity index (χ4n) is 7.91. The smallest absolute Gasteiger partial charge is 0.278 e. The predicted octanol–water partition coefficient (Wildman–Crippen LogP) is 3.84. The van der Waals surface area contributed by atoms with Crippen LogP contribution in [0.5, 0.6) is 0 Å². The Morgan fingerprint density at radius 1 is 1.05 bits per heavy atom. The van der Waals surface area contributed by atoms with E-state index in [-0.39, 0.29) is 17.5 Å². The molecule has 10 heteroatoms. The highest BCUT2D eigenvalue weighted by atomic mass is 16.3. The summed E-state index contributed by atoms with van der Waals surface area (Å²) < 4.78 is 3.31. The van der Waals surface area contributed by atoms with E-state index in [2.05, 4.69) is 58.0 Å². The van der Waals surface area contributed by atoms with Crippen molar-refractivity contribution in [3.63, 3.8) is 0 Å². The van der Waals surface area contributed by atoms with Gasteiger partial charge in [-0.1, -0.05) is 12.1 Å². The Balaban J connectivity index is 1.12. The molecule has 10 nitrogen and oxygen atoms in total. The molecule has 0 radical (unpaired) electrons. The number of aryl methyl sites for hydroxylation is 1. The van der Waals surface area contributed by atoms with Crippen molar-refractivity contribution in [1.29, 1.82) is 0 Å². The van der Waals surface area contributed by atoms with Crippen molar-refractivity contribution < 1.29 is 5.11 Å². The van der Waals surface area contributed by atoms with Gasteiger partial charge in [0, 0.05) is 49.2 Å². The second kappa shape index (κ2) is 9.49. The van der Waals surface area contributed by atoms with Crippen LogP contribution in [-0.4, -0.2) is 67.5 Å². The van der Waals surface area contributed by atoms with Gasteiger partial charge in [0.15, 0.2) is 11.5 Å². The molecule has 3 atom stereocenters. The van der Waals surface area contributed by atoms with Crippen molar-refractivity contribution in [3.05, 3.63) is 76.9 Å². The Hall–Kier alpha value is -4.02. The third kappa shape index (κ3) is 4.14. The monoisotopic (exact) mass is 578 g/mol. The number of nitrogens with one attached hydrogen (secondary N) is 1. The highest BCUT2D eigenvalue weighted by Gasteiger charge is 2.59. The molecule has 0 bridgehead atoms. The number of benzene rings is 1. The van der Waals surface area contributed by atoms with E-state index < -0.39 is 5.60 Å². The SMILES string of the molecule is C=CCn1c(=O)c2cnc(Nc3ccc(N4C[C@H]5CN(C)C[C@H]5C4)cc3)nc2n1-c1ccc2c(n1)C(C)(O)C1(CC2)CC1. The van der Waals surface area contributed by atoms with Gasteiger partial charge in [0.1, 0.15) is 11.0 Å². The van der Waals surface area contributed by atoms with Crippen LogP contribution in [0.4, 0.5) is 17.3 Å². The number of fused-ring (bicyclic) bond motifs is 3. The van der Waals surface area contributed by atoms with Crippen LogP contribution < -0.4 is 15.8 Å². The summed E-state index contributed by atoms with van der Waals surface area (Å²) in [5, 5.41) is 15.4. The first-order chi connectivity index (χ1) is 20.8. The van der Waals surface area contributed by atoms with Crippen LogP contribution >= 0.6 is 0 Å². The minimum absolute atomic E-state index is 0.0929. The quantitative estimate of drug-likeness (QED) is 0.333. The van der Waals surface area contributed by atoms with Gasteiger partial charge >= 0.3 is 0 Å². The lowest BCUT2D eigenvalue weighted by Gasteiger charge is -2.38. The van der Waals surface area contributed by atoms with Crippen molar-refractivity contribution in [2.24, 2.45) is 17.3 Å². The lowest BCUT2D eigenvalue weighted by molar-refractivity contribution is -0.0371. The van der Waals surface area contributed by atoms with Crippen molar-refractivity contribution in [1.82, 2.24) is 29.2 Å². The van der Waals surface area contributed by atoms with Crippen molar-refractivity contribution in [2.45, 2.75) is 44.8 Å². The number of hydrogen-bond acceptors (Lipinski definition) is 8. The highest BCUT2D eigenvalue weighted by molar-refractivity contribution is 5.77. The largest absolute Gasteiger partial charge is 0.383 e. The van der Waals surface area contributed by atoms with E-state index in [0.29, 0.717) is 28.5 Å². The maximum Gasteiger partial charge on any atom is 0.278 e. The number of nitrogens with zero attached hydrogens (tertiary/aromatic N) is 7. The first-order valence-electron chi connectivity index (χ1n) is 15.4. The Morgan fingerprint density at radius 2 is 1.79 bits per heavy atom. The second-order valence-electron chi connectivity index (χ2n) is 13.3. The Morgan fingerprint density at radius 3 is 2.49 bits per heavy atom. The highest BCUT2D eigenvalue weighted by Crippen LogP contribution is 2.63. The Labute approximate surface area is 250 Å². The van der Waals surface area contributed by atoms with Gasteiger partial charge in [-0.3, -0.25) is 4.79 Å². The van der Waals surface area contributed by atoms with Crippen LogP contribution in [0.1, 0.15) is 37.4 Å². The maximum absolute atomic E-state index is 13.5. The van der Waals surface area contributed by atoms with Crippen LogP contribution in [0.3, 0.4) is 0 Å². The topological polar surface area (TPSA) is 104 Å². The molecule has 5 heterocycles. The number of hydrogen-bond donors (Lipinski definition) is 2. The summed E-state index contributed by atoms with van der Waals surface area (Å²) in [4.78, 5) is 32.7. The van der Waals surface area contributed by atoms with Gasteiger partial charge in [-0.25, -0.2) is 19.3 Å².